The summed E-state index contributed by atoms with van der Waals surface area (Å²) < 4.78 is 5.63. The molecule has 2 aromatic rings. The Hall–Kier alpha value is -2.56. The average Bonchev–Trinajstić information content (AvgIpc) is 2.62. The van der Waals surface area contributed by atoms with Crippen LogP contribution in [0.25, 0.3) is 0 Å². The zero-order valence-corrected chi connectivity index (χ0v) is 13.4. The Bertz CT molecular complexity index is 636. The molecule has 1 aromatic heterocycles. The third-order valence-electron chi connectivity index (χ3n) is 3.81. The minimum atomic E-state index is 0.660. The van der Waals surface area contributed by atoms with Crippen LogP contribution in [0.15, 0.2) is 53.8 Å². The summed E-state index contributed by atoms with van der Waals surface area (Å²) in [5.41, 5.74) is 1.02. The van der Waals surface area contributed by atoms with Crippen LogP contribution in [-0.4, -0.2) is 49.0 Å². The maximum absolute atomic E-state index is 5.63. The first-order valence-electron chi connectivity index (χ1n) is 8.03. The van der Waals surface area contributed by atoms with E-state index in [9.17, 15) is 0 Å². The maximum atomic E-state index is 5.63. The average molecular weight is 310 g/mol. The molecule has 5 nitrogen and oxygen atoms in total. The van der Waals surface area contributed by atoms with Crippen molar-refractivity contribution in [1.82, 2.24) is 9.99 Å². The van der Waals surface area contributed by atoms with Gasteiger partial charge in [-0.3, -0.25) is 5.01 Å². The molecule has 0 radical (unpaired) electrons. The predicted octanol–water partition coefficient (Wildman–Crippen LogP) is 2.64. The van der Waals surface area contributed by atoms with E-state index < -0.39 is 0 Å². The Balaban J connectivity index is 1.58. The highest BCUT2D eigenvalue weighted by atomic mass is 16.5. The fraction of sp³-hybridized carbons (Fsp3) is 0.333. The van der Waals surface area contributed by atoms with E-state index in [1.54, 1.807) is 0 Å². The molecule has 0 unspecified atom stereocenters. The van der Waals surface area contributed by atoms with E-state index >= 15 is 0 Å². The van der Waals surface area contributed by atoms with Gasteiger partial charge in [-0.1, -0.05) is 18.2 Å². The number of para-hydroxylation sites is 1. The van der Waals surface area contributed by atoms with Crippen LogP contribution in [0, 0.1) is 0 Å². The number of rotatable bonds is 5. The molecule has 1 fully saturated rings. The molecule has 0 atom stereocenters. The molecule has 5 heteroatoms. The van der Waals surface area contributed by atoms with Crippen molar-refractivity contribution in [2.24, 2.45) is 5.10 Å². The zero-order valence-electron chi connectivity index (χ0n) is 13.4. The Morgan fingerprint density at radius 2 is 1.87 bits per heavy atom. The molecular formula is C18H22N4O. The number of hydrogen-bond donors (Lipinski definition) is 0. The summed E-state index contributed by atoms with van der Waals surface area (Å²) >= 11 is 0. The van der Waals surface area contributed by atoms with Crippen molar-refractivity contribution in [3.05, 3.63) is 54.2 Å². The Morgan fingerprint density at radius 1 is 1.09 bits per heavy atom. The van der Waals surface area contributed by atoms with Crippen molar-refractivity contribution in [1.29, 1.82) is 0 Å². The minimum absolute atomic E-state index is 0.660. The first-order chi connectivity index (χ1) is 11.4. The largest absolute Gasteiger partial charge is 0.493 e. The molecule has 1 aliphatic rings. The van der Waals surface area contributed by atoms with Crippen LogP contribution in [0.1, 0.15) is 12.5 Å². The SMILES string of the molecule is CCOc1ccccc1C=NN1CCN(c2ccccn2)CC1. The first kappa shape index (κ1) is 15.3. The van der Waals surface area contributed by atoms with E-state index in [4.69, 9.17) is 4.74 Å². The molecule has 0 N–H and O–H groups in total. The molecule has 23 heavy (non-hydrogen) atoms. The number of pyridine rings is 1. The van der Waals surface area contributed by atoms with Gasteiger partial charge in [0.2, 0.25) is 0 Å². The summed E-state index contributed by atoms with van der Waals surface area (Å²) in [5, 5.41) is 6.71. The van der Waals surface area contributed by atoms with Crippen LogP contribution >= 0.6 is 0 Å². The minimum Gasteiger partial charge on any atom is -0.493 e. The Labute approximate surface area is 137 Å². The molecule has 120 valence electrons. The van der Waals surface area contributed by atoms with E-state index in [2.05, 4.69) is 26.1 Å². The monoisotopic (exact) mass is 310 g/mol. The van der Waals surface area contributed by atoms with Crippen LogP contribution in [0.3, 0.4) is 0 Å². The van der Waals surface area contributed by atoms with Gasteiger partial charge in [0.05, 0.1) is 25.9 Å². The van der Waals surface area contributed by atoms with E-state index in [1.165, 1.54) is 0 Å². The van der Waals surface area contributed by atoms with Gasteiger partial charge in [0.15, 0.2) is 0 Å². The number of ether oxygens (including phenoxy) is 1. The van der Waals surface area contributed by atoms with Crippen LogP contribution in [0.5, 0.6) is 5.75 Å². The van der Waals surface area contributed by atoms with E-state index in [-0.39, 0.29) is 0 Å². The van der Waals surface area contributed by atoms with Crippen molar-refractivity contribution < 1.29 is 4.74 Å². The van der Waals surface area contributed by atoms with Gasteiger partial charge in [-0.2, -0.15) is 5.10 Å². The summed E-state index contributed by atoms with van der Waals surface area (Å²) in [7, 11) is 0. The maximum Gasteiger partial charge on any atom is 0.128 e. The highest BCUT2D eigenvalue weighted by Gasteiger charge is 2.16. The lowest BCUT2D eigenvalue weighted by Crippen LogP contribution is -2.44. The normalized spacial score (nSPS) is 15.2. The highest BCUT2D eigenvalue weighted by Crippen LogP contribution is 2.16. The third kappa shape index (κ3) is 4.00. The fourth-order valence-electron chi connectivity index (χ4n) is 2.60. The molecule has 2 heterocycles. The third-order valence-corrected chi connectivity index (χ3v) is 3.81. The smallest absolute Gasteiger partial charge is 0.128 e. The van der Waals surface area contributed by atoms with Gasteiger partial charge >= 0.3 is 0 Å². The molecule has 0 amide bonds. The molecular weight excluding hydrogens is 288 g/mol. The van der Waals surface area contributed by atoms with Gasteiger partial charge < -0.3 is 9.64 Å². The van der Waals surface area contributed by atoms with Crippen LogP contribution < -0.4 is 9.64 Å². The number of aromatic nitrogens is 1. The molecule has 0 spiro atoms. The predicted molar refractivity (Wildman–Crippen MR) is 93.2 cm³/mol. The van der Waals surface area contributed by atoms with Crippen molar-refractivity contribution in [3.8, 4) is 5.75 Å². The molecule has 1 aromatic carbocycles. The Morgan fingerprint density at radius 3 is 2.61 bits per heavy atom. The number of anilines is 1. The lowest BCUT2D eigenvalue weighted by atomic mass is 10.2. The van der Waals surface area contributed by atoms with E-state index in [0.29, 0.717) is 6.61 Å². The van der Waals surface area contributed by atoms with Crippen LogP contribution in [0.4, 0.5) is 5.82 Å². The first-order valence-corrected chi connectivity index (χ1v) is 8.03. The lowest BCUT2D eigenvalue weighted by molar-refractivity contribution is 0.271. The van der Waals surface area contributed by atoms with E-state index in [0.717, 1.165) is 43.3 Å². The number of hydrogen-bond acceptors (Lipinski definition) is 5. The molecule has 1 saturated heterocycles. The van der Waals surface area contributed by atoms with Crippen molar-refractivity contribution in [2.45, 2.75) is 6.92 Å². The second-order valence-electron chi connectivity index (χ2n) is 5.34. The van der Waals surface area contributed by atoms with Gasteiger partial charge in [-0.05, 0) is 31.2 Å². The number of nitrogens with zero attached hydrogens (tertiary/aromatic N) is 4. The summed E-state index contributed by atoms with van der Waals surface area (Å²) in [4.78, 5) is 6.70. The summed E-state index contributed by atoms with van der Waals surface area (Å²) in [6, 6.07) is 14.0. The standard InChI is InChI=1S/C18H22N4O/c1-2-23-17-8-4-3-7-16(17)15-20-22-13-11-21(12-14-22)18-9-5-6-10-19-18/h3-10,15H,2,11-14H2,1H3. The van der Waals surface area contributed by atoms with Crippen molar-refractivity contribution in [3.63, 3.8) is 0 Å². The topological polar surface area (TPSA) is 41.0 Å². The lowest BCUT2D eigenvalue weighted by Gasteiger charge is -2.33. The number of piperazine rings is 1. The van der Waals surface area contributed by atoms with Crippen LogP contribution in [-0.2, 0) is 0 Å². The summed E-state index contributed by atoms with van der Waals surface area (Å²) in [6.07, 6.45) is 3.73. The molecule has 0 saturated carbocycles. The molecule has 3 rings (SSSR count). The van der Waals surface area contributed by atoms with Crippen molar-refractivity contribution >= 4 is 12.0 Å². The highest BCUT2D eigenvalue weighted by molar-refractivity contribution is 5.83. The van der Waals surface area contributed by atoms with Gasteiger partial charge in [-0.15, -0.1) is 0 Å². The van der Waals surface area contributed by atoms with E-state index in [1.807, 2.05) is 55.7 Å². The second-order valence-corrected chi connectivity index (χ2v) is 5.34. The second kappa shape index (κ2) is 7.63. The summed E-state index contributed by atoms with van der Waals surface area (Å²) in [5.74, 6) is 1.92. The Kier molecular flexibility index (Phi) is 5.09. The van der Waals surface area contributed by atoms with Crippen molar-refractivity contribution in [2.75, 3.05) is 37.7 Å². The number of hydrazone groups is 1. The fourth-order valence-corrected chi connectivity index (χ4v) is 2.60. The molecule has 0 aliphatic carbocycles. The molecule has 1 aliphatic heterocycles. The van der Waals surface area contributed by atoms with Gasteiger partial charge in [-0.25, -0.2) is 4.98 Å². The van der Waals surface area contributed by atoms with Gasteiger partial charge in [0.1, 0.15) is 11.6 Å². The quantitative estimate of drug-likeness (QED) is 0.796. The van der Waals surface area contributed by atoms with Gasteiger partial charge in [0.25, 0.3) is 0 Å². The summed E-state index contributed by atoms with van der Waals surface area (Å²) in [6.45, 7) is 6.30. The zero-order chi connectivity index (χ0) is 15.9. The van der Waals surface area contributed by atoms with Gasteiger partial charge in [0, 0.05) is 24.8 Å². The number of benzene rings is 1. The molecule has 0 bridgehead atoms. The van der Waals surface area contributed by atoms with Crippen LogP contribution in [0.2, 0.25) is 0 Å².